The molecule has 1 aromatic carbocycles. The summed E-state index contributed by atoms with van der Waals surface area (Å²) in [7, 11) is 0. The van der Waals surface area contributed by atoms with Gasteiger partial charge in [-0.2, -0.15) is 0 Å². The number of benzene rings is 1. The molecule has 6 amide bonds. The molecular formula is C33H54N8O9. The molecule has 17 nitrogen and oxygen atoms in total. The molecular weight excluding hydrogens is 652 g/mol. The van der Waals surface area contributed by atoms with Crippen molar-refractivity contribution < 1.29 is 43.4 Å². The van der Waals surface area contributed by atoms with Crippen LogP contribution in [0.1, 0.15) is 83.1 Å². The van der Waals surface area contributed by atoms with E-state index in [0.29, 0.717) is 5.56 Å². The lowest BCUT2D eigenvalue weighted by Gasteiger charge is -2.28. The number of amides is 6. The maximum atomic E-state index is 13.6. The van der Waals surface area contributed by atoms with E-state index in [1.165, 1.54) is 18.2 Å². The molecule has 17 heteroatoms. The Morgan fingerprint density at radius 3 is 2.08 bits per heavy atom. The number of ether oxygens (including phenoxy) is 1. The van der Waals surface area contributed by atoms with Crippen LogP contribution in [-0.2, 0) is 35.3 Å². The van der Waals surface area contributed by atoms with E-state index in [4.69, 9.17) is 21.3 Å². The molecule has 280 valence electrons. The number of aliphatic carboxylic acids is 1. The molecule has 50 heavy (non-hydrogen) atoms. The Bertz CT molecular complexity index is 1340. The van der Waals surface area contributed by atoms with E-state index in [1.54, 1.807) is 41.5 Å². The summed E-state index contributed by atoms with van der Waals surface area (Å²) in [5, 5.41) is 25.3. The van der Waals surface area contributed by atoms with Gasteiger partial charge < -0.3 is 53.2 Å². The lowest BCUT2D eigenvalue weighted by Crippen LogP contribution is -2.58. The highest BCUT2D eigenvalue weighted by Gasteiger charge is 2.31. The number of nitrogens with one attached hydrogen (secondary N) is 6. The van der Waals surface area contributed by atoms with E-state index in [-0.39, 0.29) is 75.1 Å². The maximum absolute atomic E-state index is 13.6. The number of carbonyl (C=O) groups is 7. The Morgan fingerprint density at radius 1 is 0.840 bits per heavy atom. The molecule has 0 unspecified atom stereocenters. The SMILES string of the molecule is CC(C)N[C@H](CCC(=O)O)C(=O)N[C@H](C(=O)N[C@@H](CCCNC(N)=O)C(=O)Nc1ccc(COC(=O)C(C)C)c(C(=O)NCCN)c1)C(C)C. The average Bonchev–Trinajstić information content (AvgIpc) is 3.03. The third-order valence-corrected chi connectivity index (χ3v) is 7.24. The van der Waals surface area contributed by atoms with Gasteiger partial charge in [0, 0.05) is 48.9 Å². The van der Waals surface area contributed by atoms with Crippen LogP contribution in [0.2, 0.25) is 0 Å². The minimum atomic E-state index is -1.16. The van der Waals surface area contributed by atoms with Gasteiger partial charge in [0.1, 0.15) is 18.7 Å². The quantitative estimate of drug-likeness (QED) is 0.0585. The Morgan fingerprint density at radius 2 is 1.52 bits per heavy atom. The fourth-order valence-electron chi connectivity index (χ4n) is 4.61. The van der Waals surface area contributed by atoms with Crippen molar-refractivity contribution in [1.29, 1.82) is 0 Å². The highest BCUT2D eigenvalue weighted by atomic mass is 16.5. The van der Waals surface area contributed by atoms with Gasteiger partial charge in [0.25, 0.3) is 5.91 Å². The third-order valence-electron chi connectivity index (χ3n) is 7.24. The summed E-state index contributed by atoms with van der Waals surface area (Å²) < 4.78 is 5.31. The molecule has 11 N–H and O–H groups in total. The van der Waals surface area contributed by atoms with Crippen LogP contribution in [0.4, 0.5) is 10.5 Å². The second kappa shape index (κ2) is 22.0. The first-order valence-corrected chi connectivity index (χ1v) is 16.7. The minimum Gasteiger partial charge on any atom is -0.481 e. The molecule has 1 rings (SSSR count). The number of anilines is 1. The Kier molecular flexibility index (Phi) is 19.1. The molecule has 0 aromatic heterocycles. The molecule has 0 bridgehead atoms. The van der Waals surface area contributed by atoms with Gasteiger partial charge in [-0.25, -0.2) is 4.79 Å². The highest BCUT2D eigenvalue weighted by Crippen LogP contribution is 2.19. The van der Waals surface area contributed by atoms with E-state index in [1.807, 2.05) is 0 Å². The summed E-state index contributed by atoms with van der Waals surface area (Å²) >= 11 is 0. The Labute approximate surface area is 292 Å². The van der Waals surface area contributed by atoms with Crippen LogP contribution in [0.15, 0.2) is 18.2 Å². The van der Waals surface area contributed by atoms with Gasteiger partial charge in [-0.3, -0.25) is 28.8 Å². The van der Waals surface area contributed by atoms with Crippen molar-refractivity contribution in [3.8, 4) is 0 Å². The van der Waals surface area contributed by atoms with Crippen molar-refractivity contribution in [2.24, 2.45) is 23.3 Å². The zero-order chi connectivity index (χ0) is 38.0. The second-order valence-electron chi connectivity index (χ2n) is 12.7. The number of rotatable bonds is 22. The van der Waals surface area contributed by atoms with E-state index in [2.05, 4.69) is 31.9 Å². The van der Waals surface area contributed by atoms with Gasteiger partial charge in [0.05, 0.1) is 12.0 Å². The fraction of sp³-hybridized carbons (Fsp3) is 0.606. The van der Waals surface area contributed by atoms with Crippen molar-refractivity contribution in [2.45, 2.75) is 98.0 Å². The minimum absolute atomic E-state index is 0.00510. The number of carboxylic acids is 1. The smallest absolute Gasteiger partial charge is 0.312 e. The Balaban J connectivity index is 3.30. The first-order valence-electron chi connectivity index (χ1n) is 16.7. The van der Waals surface area contributed by atoms with Gasteiger partial charge in [-0.15, -0.1) is 0 Å². The molecule has 0 aliphatic carbocycles. The van der Waals surface area contributed by atoms with Gasteiger partial charge in [0.15, 0.2) is 0 Å². The molecule has 0 aliphatic heterocycles. The highest BCUT2D eigenvalue weighted by molar-refractivity contribution is 6.01. The summed E-state index contributed by atoms with van der Waals surface area (Å²) in [6, 6.07) is 0.412. The number of hydrogen-bond donors (Lipinski definition) is 9. The fourth-order valence-corrected chi connectivity index (χ4v) is 4.61. The second-order valence-corrected chi connectivity index (χ2v) is 12.7. The summed E-state index contributed by atoms with van der Waals surface area (Å²) in [6.07, 6.45) is 0.0234. The topological polar surface area (TPSA) is 273 Å². The first kappa shape index (κ1) is 43.3. The largest absolute Gasteiger partial charge is 0.481 e. The van der Waals surface area contributed by atoms with E-state index in [9.17, 15) is 33.6 Å². The lowest BCUT2D eigenvalue weighted by atomic mass is 10.0. The first-order chi connectivity index (χ1) is 23.5. The molecule has 0 spiro atoms. The van der Waals surface area contributed by atoms with Crippen LogP contribution in [0.25, 0.3) is 0 Å². The lowest BCUT2D eigenvalue weighted by molar-refractivity contribution is -0.148. The number of esters is 1. The predicted octanol–water partition coefficient (Wildman–Crippen LogP) is 0.318. The van der Waals surface area contributed by atoms with Crippen LogP contribution in [-0.4, -0.2) is 90.5 Å². The maximum Gasteiger partial charge on any atom is 0.312 e. The average molecular weight is 707 g/mol. The van der Waals surface area contributed by atoms with Crippen molar-refractivity contribution in [3.05, 3.63) is 29.3 Å². The summed E-state index contributed by atoms with van der Waals surface area (Å²) in [5.74, 6) is -4.73. The monoisotopic (exact) mass is 706 g/mol. The number of carbonyl (C=O) groups excluding carboxylic acids is 6. The van der Waals surface area contributed by atoms with E-state index in [0.717, 1.165) is 0 Å². The van der Waals surface area contributed by atoms with Gasteiger partial charge in [-0.1, -0.05) is 47.6 Å². The van der Waals surface area contributed by atoms with Crippen molar-refractivity contribution >= 4 is 47.3 Å². The van der Waals surface area contributed by atoms with Crippen LogP contribution in [0.5, 0.6) is 0 Å². The molecule has 0 saturated carbocycles. The Hall–Kier alpha value is -4.77. The van der Waals surface area contributed by atoms with Crippen LogP contribution in [0.3, 0.4) is 0 Å². The summed E-state index contributed by atoms with van der Waals surface area (Å²) in [5.41, 5.74) is 11.4. The van der Waals surface area contributed by atoms with Crippen molar-refractivity contribution in [1.82, 2.24) is 26.6 Å². The van der Waals surface area contributed by atoms with E-state index >= 15 is 0 Å². The molecule has 0 fully saturated rings. The molecule has 1 aromatic rings. The van der Waals surface area contributed by atoms with Gasteiger partial charge in [-0.05, 0) is 37.3 Å². The van der Waals surface area contributed by atoms with Crippen LogP contribution < -0.4 is 43.4 Å². The van der Waals surface area contributed by atoms with Crippen molar-refractivity contribution in [3.63, 3.8) is 0 Å². The third kappa shape index (κ3) is 16.1. The predicted molar refractivity (Wildman–Crippen MR) is 186 cm³/mol. The van der Waals surface area contributed by atoms with Gasteiger partial charge in [0.2, 0.25) is 17.7 Å². The molecule has 0 heterocycles. The normalized spacial score (nSPS) is 12.8. The summed E-state index contributed by atoms with van der Waals surface area (Å²) in [6.45, 7) is 10.6. The van der Waals surface area contributed by atoms with Crippen LogP contribution >= 0.6 is 0 Å². The number of hydrogen-bond acceptors (Lipinski definition) is 10. The van der Waals surface area contributed by atoms with E-state index < -0.39 is 65.6 Å². The molecule has 3 atom stereocenters. The molecule has 0 radical (unpaired) electrons. The molecule has 0 aliphatic rings. The standard InChI is InChI=1S/C33H54N8O9/c1-18(2)27(41-30(46)25(38-20(5)6)11-12-26(42)43)31(47)40-24(8-7-14-37-33(35)49)29(45)39-22-10-9-21(17-50-32(48)19(3)4)23(16-22)28(44)36-15-13-34/h9-10,16,18-20,24-25,27,38H,7-8,11-15,17,34H2,1-6H3,(H,36,44)(H,39,45)(H,40,47)(H,41,46)(H,42,43)(H3,35,37,49)/t24-,25+,27-/m0/s1. The molecule has 0 saturated heterocycles. The number of carboxylic acid groups (broad SMARTS) is 1. The van der Waals surface area contributed by atoms with Crippen molar-refractivity contribution in [2.75, 3.05) is 25.0 Å². The number of nitrogens with two attached hydrogens (primary N) is 2. The zero-order valence-electron chi connectivity index (χ0n) is 29.7. The number of urea groups is 1. The van der Waals surface area contributed by atoms with Crippen LogP contribution in [0, 0.1) is 11.8 Å². The number of primary amides is 1. The zero-order valence-corrected chi connectivity index (χ0v) is 29.7. The van der Waals surface area contributed by atoms with Gasteiger partial charge >= 0.3 is 18.0 Å². The summed E-state index contributed by atoms with van der Waals surface area (Å²) in [4.78, 5) is 87.8.